The number of rotatable bonds is 5. The Labute approximate surface area is 168 Å². The summed E-state index contributed by atoms with van der Waals surface area (Å²) in [7, 11) is -1.93. The molecule has 2 aromatic rings. The second-order valence-electron chi connectivity index (χ2n) is 7.93. The van der Waals surface area contributed by atoms with E-state index in [1.807, 2.05) is 24.3 Å². The van der Waals surface area contributed by atoms with Crippen LogP contribution in [-0.2, 0) is 15.4 Å². The number of benzene rings is 2. The van der Waals surface area contributed by atoms with E-state index in [2.05, 4.69) is 31.3 Å². The third-order valence-corrected chi connectivity index (χ3v) is 7.87. The van der Waals surface area contributed by atoms with Crippen molar-refractivity contribution in [2.75, 3.05) is 24.4 Å². The molecule has 1 N–H and O–H groups in total. The largest absolute Gasteiger partial charge is 0.316 e. The first-order valence-corrected chi connectivity index (χ1v) is 10.7. The zero-order valence-electron chi connectivity index (χ0n) is 16.0. The molecule has 0 spiro atoms. The minimum absolute atomic E-state index is 0. The molecule has 2 aromatic carbocycles. The highest BCUT2D eigenvalue weighted by atomic mass is 35.5. The summed E-state index contributed by atoms with van der Waals surface area (Å²) in [5.41, 5.74) is 3.45. The lowest BCUT2D eigenvalue weighted by Gasteiger charge is -2.21. The van der Waals surface area contributed by atoms with E-state index >= 15 is 0 Å². The monoisotopic (exact) mass is 406 g/mol. The summed E-state index contributed by atoms with van der Waals surface area (Å²) in [6, 6.07) is 15.2. The molecule has 2 atom stereocenters. The standard InChI is InChI=1S/C21H26N2O2S.ClH/c1-15(2)16-4-10-20(11-5-16)26(24,25)23(3)19-8-6-17(7-9-19)21-12-18(21)13-22-14-21;/h4-11,15,18,22H,12-14H2,1-3H3;1H/t18-,21?;/m1./s1. The highest BCUT2D eigenvalue weighted by molar-refractivity contribution is 7.92. The van der Waals surface area contributed by atoms with Gasteiger partial charge in [-0.05, 0) is 60.2 Å². The van der Waals surface area contributed by atoms with Gasteiger partial charge in [-0.1, -0.05) is 38.1 Å². The third-order valence-electron chi connectivity index (χ3n) is 6.07. The van der Waals surface area contributed by atoms with Crippen molar-refractivity contribution in [3.63, 3.8) is 0 Å². The first-order chi connectivity index (χ1) is 12.3. The Balaban J connectivity index is 0.00000210. The Morgan fingerprint density at radius 2 is 1.70 bits per heavy atom. The van der Waals surface area contributed by atoms with Gasteiger partial charge in [0.05, 0.1) is 10.6 Å². The molecular weight excluding hydrogens is 380 g/mol. The molecule has 27 heavy (non-hydrogen) atoms. The number of hydrogen-bond donors (Lipinski definition) is 1. The zero-order valence-corrected chi connectivity index (χ0v) is 17.6. The molecule has 0 bridgehead atoms. The maximum atomic E-state index is 12.9. The highest BCUT2D eigenvalue weighted by Gasteiger charge is 2.57. The van der Waals surface area contributed by atoms with Gasteiger partial charge in [0.25, 0.3) is 10.0 Å². The molecule has 4 rings (SSSR count). The first kappa shape index (κ1) is 20.2. The summed E-state index contributed by atoms with van der Waals surface area (Å²) >= 11 is 0. The lowest BCUT2D eigenvalue weighted by atomic mass is 9.95. The number of anilines is 1. The SMILES string of the molecule is CC(C)c1ccc(S(=O)(=O)N(C)c2ccc(C34CNC[C@H]3C4)cc2)cc1.Cl. The summed E-state index contributed by atoms with van der Waals surface area (Å²) in [6.45, 7) is 6.33. The van der Waals surface area contributed by atoms with Crippen LogP contribution in [0.25, 0.3) is 0 Å². The quantitative estimate of drug-likeness (QED) is 0.818. The minimum Gasteiger partial charge on any atom is -0.316 e. The summed E-state index contributed by atoms with van der Waals surface area (Å²) in [5, 5.41) is 3.45. The third kappa shape index (κ3) is 3.37. The van der Waals surface area contributed by atoms with E-state index in [0.717, 1.165) is 24.6 Å². The Hall–Kier alpha value is -1.56. The van der Waals surface area contributed by atoms with Crippen LogP contribution in [-0.4, -0.2) is 28.6 Å². The molecule has 4 nitrogen and oxygen atoms in total. The van der Waals surface area contributed by atoms with Gasteiger partial charge in [-0.3, -0.25) is 4.31 Å². The molecule has 0 radical (unpaired) electrons. The maximum Gasteiger partial charge on any atom is 0.264 e. The van der Waals surface area contributed by atoms with E-state index in [9.17, 15) is 8.42 Å². The lowest BCUT2D eigenvalue weighted by Crippen LogP contribution is -2.26. The lowest BCUT2D eigenvalue weighted by molar-refractivity contribution is 0.594. The van der Waals surface area contributed by atoms with Crippen LogP contribution in [0.15, 0.2) is 53.4 Å². The van der Waals surface area contributed by atoms with Crippen molar-refractivity contribution >= 4 is 28.1 Å². The number of fused-ring (bicyclic) bond motifs is 1. The predicted octanol–water partition coefficient (Wildman–Crippen LogP) is 3.92. The smallest absolute Gasteiger partial charge is 0.264 e. The van der Waals surface area contributed by atoms with E-state index in [1.165, 1.54) is 16.3 Å². The van der Waals surface area contributed by atoms with Crippen LogP contribution in [0.2, 0.25) is 0 Å². The zero-order chi connectivity index (χ0) is 18.5. The molecule has 0 aromatic heterocycles. The van der Waals surface area contributed by atoms with Crippen molar-refractivity contribution in [2.45, 2.75) is 36.5 Å². The summed E-state index contributed by atoms with van der Waals surface area (Å²) in [5.74, 6) is 1.13. The Kier molecular flexibility index (Phi) is 5.32. The van der Waals surface area contributed by atoms with Crippen LogP contribution in [0.4, 0.5) is 5.69 Å². The number of nitrogens with zero attached hydrogens (tertiary/aromatic N) is 1. The average molecular weight is 407 g/mol. The van der Waals surface area contributed by atoms with E-state index in [1.54, 1.807) is 19.2 Å². The van der Waals surface area contributed by atoms with E-state index in [4.69, 9.17) is 0 Å². The minimum atomic E-state index is -3.55. The highest BCUT2D eigenvalue weighted by Crippen LogP contribution is 2.56. The van der Waals surface area contributed by atoms with Crippen molar-refractivity contribution in [1.29, 1.82) is 0 Å². The van der Waals surface area contributed by atoms with Gasteiger partial charge in [-0.2, -0.15) is 0 Å². The molecule has 1 aliphatic heterocycles. The van der Waals surface area contributed by atoms with Crippen molar-refractivity contribution in [3.05, 3.63) is 59.7 Å². The molecule has 146 valence electrons. The molecule has 1 heterocycles. The van der Waals surface area contributed by atoms with Crippen LogP contribution in [0.3, 0.4) is 0 Å². The van der Waals surface area contributed by atoms with Gasteiger partial charge in [0, 0.05) is 19.0 Å². The van der Waals surface area contributed by atoms with Crippen molar-refractivity contribution in [2.24, 2.45) is 5.92 Å². The number of halogens is 1. The fraction of sp³-hybridized carbons (Fsp3) is 0.429. The number of hydrogen-bond acceptors (Lipinski definition) is 3. The Bertz CT molecular complexity index is 910. The fourth-order valence-electron chi connectivity index (χ4n) is 4.11. The molecule has 2 fully saturated rings. The topological polar surface area (TPSA) is 49.4 Å². The van der Waals surface area contributed by atoms with E-state index in [-0.39, 0.29) is 12.4 Å². The summed E-state index contributed by atoms with van der Waals surface area (Å²) in [4.78, 5) is 0.328. The molecular formula is C21H27ClN2O2S. The van der Waals surface area contributed by atoms with E-state index < -0.39 is 10.0 Å². The molecule has 6 heteroatoms. The fourth-order valence-corrected chi connectivity index (χ4v) is 5.31. The molecule has 1 unspecified atom stereocenters. The van der Waals surface area contributed by atoms with Crippen molar-refractivity contribution < 1.29 is 8.42 Å². The van der Waals surface area contributed by atoms with Gasteiger partial charge in [-0.25, -0.2) is 8.42 Å². The van der Waals surface area contributed by atoms with Crippen LogP contribution >= 0.6 is 12.4 Å². The van der Waals surface area contributed by atoms with Crippen LogP contribution in [0.5, 0.6) is 0 Å². The van der Waals surface area contributed by atoms with Gasteiger partial charge in [0.1, 0.15) is 0 Å². The number of nitrogens with one attached hydrogen (secondary N) is 1. The summed E-state index contributed by atoms with van der Waals surface area (Å²) < 4.78 is 27.3. The molecule has 1 saturated heterocycles. The normalized spacial score (nSPS) is 23.6. The molecule has 1 aliphatic carbocycles. The second kappa shape index (κ2) is 7.12. The maximum absolute atomic E-state index is 12.9. The van der Waals surface area contributed by atoms with Crippen LogP contribution in [0, 0.1) is 5.92 Å². The van der Waals surface area contributed by atoms with Crippen LogP contribution < -0.4 is 9.62 Å². The van der Waals surface area contributed by atoms with Crippen LogP contribution in [0.1, 0.15) is 37.3 Å². The van der Waals surface area contributed by atoms with Gasteiger partial charge in [0.2, 0.25) is 0 Å². The number of sulfonamides is 1. The number of piperidine rings is 1. The Morgan fingerprint density at radius 3 is 2.19 bits per heavy atom. The van der Waals surface area contributed by atoms with Gasteiger partial charge >= 0.3 is 0 Å². The Morgan fingerprint density at radius 1 is 1.07 bits per heavy atom. The predicted molar refractivity (Wildman–Crippen MR) is 112 cm³/mol. The second-order valence-corrected chi connectivity index (χ2v) is 9.90. The molecule has 2 aliphatic rings. The summed E-state index contributed by atoms with van der Waals surface area (Å²) in [6.07, 6.45) is 1.25. The van der Waals surface area contributed by atoms with Crippen molar-refractivity contribution in [1.82, 2.24) is 5.32 Å². The first-order valence-electron chi connectivity index (χ1n) is 9.25. The molecule has 1 saturated carbocycles. The van der Waals surface area contributed by atoms with Gasteiger partial charge in [-0.15, -0.1) is 12.4 Å². The average Bonchev–Trinajstić information content (AvgIpc) is 3.22. The van der Waals surface area contributed by atoms with Gasteiger partial charge < -0.3 is 5.32 Å². The van der Waals surface area contributed by atoms with Crippen molar-refractivity contribution in [3.8, 4) is 0 Å². The van der Waals surface area contributed by atoms with E-state index in [0.29, 0.717) is 21.9 Å². The van der Waals surface area contributed by atoms with Gasteiger partial charge in [0.15, 0.2) is 0 Å². The molecule has 0 amide bonds.